The third-order valence-corrected chi connectivity index (χ3v) is 4.07. The van der Waals surface area contributed by atoms with E-state index in [0.29, 0.717) is 5.82 Å². The monoisotopic (exact) mass is 282 g/mol. The number of piperazine rings is 1. The molecule has 4 heteroatoms. The van der Waals surface area contributed by atoms with Crippen LogP contribution in [0, 0.1) is 0 Å². The van der Waals surface area contributed by atoms with Crippen molar-refractivity contribution in [2.75, 3.05) is 43.4 Å². The van der Waals surface area contributed by atoms with Gasteiger partial charge in [-0.3, -0.25) is 4.90 Å². The number of aromatic nitrogens is 1. The highest BCUT2D eigenvalue weighted by Gasteiger charge is 2.16. The maximum atomic E-state index is 5.64. The predicted molar refractivity (Wildman–Crippen MR) is 87.4 cm³/mol. The summed E-state index contributed by atoms with van der Waals surface area (Å²) in [4.78, 5) is 9.09. The van der Waals surface area contributed by atoms with Gasteiger partial charge in [-0.05, 0) is 24.1 Å². The van der Waals surface area contributed by atoms with Crippen LogP contribution in [0.4, 0.5) is 11.5 Å². The number of hydrogen-bond acceptors (Lipinski definition) is 4. The number of rotatable bonds is 4. The van der Waals surface area contributed by atoms with Gasteiger partial charge in [0, 0.05) is 32.7 Å². The van der Waals surface area contributed by atoms with Crippen molar-refractivity contribution in [3.05, 3.63) is 54.2 Å². The Morgan fingerprint density at radius 1 is 0.952 bits per heavy atom. The normalized spacial score (nSPS) is 16.1. The minimum Gasteiger partial charge on any atom is -0.384 e. The van der Waals surface area contributed by atoms with Crippen molar-refractivity contribution in [3.63, 3.8) is 0 Å². The summed E-state index contributed by atoms with van der Waals surface area (Å²) in [6.45, 7) is 5.47. The van der Waals surface area contributed by atoms with Crippen LogP contribution in [0.3, 0.4) is 0 Å². The van der Waals surface area contributed by atoms with Gasteiger partial charge in [0.2, 0.25) is 0 Å². The summed E-state index contributed by atoms with van der Waals surface area (Å²) >= 11 is 0. The molecule has 0 unspecified atom stereocenters. The van der Waals surface area contributed by atoms with E-state index in [0.717, 1.165) is 39.1 Å². The molecule has 2 aromatic rings. The summed E-state index contributed by atoms with van der Waals surface area (Å²) in [7, 11) is 0. The minimum atomic E-state index is 0.584. The Bertz CT molecular complexity index is 545. The van der Waals surface area contributed by atoms with Crippen molar-refractivity contribution in [1.82, 2.24) is 9.88 Å². The molecule has 4 nitrogen and oxygen atoms in total. The second-order valence-electron chi connectivity index (χ2n) is 5.51. The summed E-state index contributed by atoms with van der Waals surface area (Å²) < 4.78 is 0. The fraction of sp³-hybridized carbons (Fsp3) is 0.353. The van der Waals surface area contributed by atoms with E-state index < -0.39 is 0 Å². The highest BCUT2D eigenvalue weighted by Crippen LogP contribution is 2.16. The average Bonchev–Trinajstić information content (AvgIpc) is 2.55. The topological polar surface area (TPSA) is 45.4 Å². The fourth-order valence-corrected chi connectivity index (χ4v) is 2.75. The first-order chi connectivity index (χ1) is 10.3. The van der Waals surface area contributed by atoms with Crippen LogP contribution in [0.25, 0.3) is 0 Å². The molecule has 1 fully saturated rings. The maximum absolute atomic E-state index is 5.64. The van der Waals surface area contributed by atoms with Gasteiger partial charge in [-0.25, -0.2) is 4.98 Å². The number of nitrogens with two attached hydrogens (primary N) is 1. The first kappa shape index (κ1) is 13.9. The standard InChI is InChI=1S/C17H22N4/c18-17-7-6-16(14-19-17)21-12-10-20(11-13-21)9-8-15-4-2-1-3-5-15/h1-7,14H,8-13H2,(H2,18,19). The largest absolute Gasteiger partial charge is 0.384 e. The van der Waals surface area contributed by atoms with Crippen molar-refractivity contribution in [1.29, 1.82) is 0 Å². The van der Waals surface area contributed by atoms with Gasteiger partial charge in [-0.15, -0.1) is 0 Å². The lowest BCUT2D eigenvalue weighted by atomic mass is 10.1. The Morgan fingerprint density at radius 2 is 1.71 bits per heavy atom. The van der Waals surface area contributed by atoms with Gasteiger partial charge >= 0.3 is 0 Å². The van der Waals surface area contributed by atoms with Crippen LogP contribution in [0.2, 0.25) is 0 Å². The zero-order chi connectivity index (χ0) is 14.5. The Labute approximate surface area is 126 Å². The average molecular weight is 282 g/mol. The van der Waals surface area contributed by atoms with Crippen LogP contribution < -0.4 is 10.6 Å². The molecule has 1 saturated heterocycles. The van der Waals surface area contributed by atoms with E-state index in [1.54, 1.807) is 0 Å². The molecule has 0 atom stereocenters. The van der Waals surface area contributed by atoms with E-state index in [-0.39, 0.29) is 0 Å². The van der Waals surface area contributed by atoms with Gasteiger partial charge in [0.1, 0.15) is 5.82 Å². The molecule has 110 valence electrons. The molecule has 0 spiro atoms. The van der Waals surface area contributed by atoms with Crippen molar-refractivity contribution in [2.45, 2.75) is 6.42 Å². The predicted octanol–water partition coefficient (Wildman–Crippen LogP) is 2.03. The number of pyridine rings is 1. The number of benzene rings is 1. The lowest BCUT2D eigenvalue weighted by molar-refractivity contribution is 0.261. The summed E-state index contributed by atoms with van der Waals surface area (Å²) in [5, 5.41) is 0. The number of hydrogen-bond donors (Lipinski definition) is 1. The molecule has 1 aromatic carbocycles. The molecule has 0 amide bonds. The third kappa shape index (κ3) is 3.73. The molecule has 3 rings (SSSR count). The Morgan fingerprint density at radius 3 is 2.38 bits per heavy atom. The Hall–Kier alpha value is -2.07. The van der Waals surface area contributed by atoms with Gasteiger partial charge < -0.3 is 10.6 Å². The smallest absolute Gasteiger partial charge is 0.123 e. The van der Waals surface area contributed by atoms with Gasteiger partial charge in [-0.2, -0.15) is 0 Å². The van der Waals surface area contributed by atoms with Crippen molar-refractivity contribution < 1.29 is 0 Å². The molecule has 0 radical (unpaired) electrons. The van der Waals surface area contributed by atoms with Crippen molar-refractivity contribution in [2.24, 2.45) is 0 Å². The Kier molecular flexibility index (Phi) is 4.36. The SMILES string of the molecule is Nc1ccc(N2CCN(CCc3ccccc3)CC2)cn1. The molecule has 21 heavy (non-hydrogen) atoms. The molecule has 0 saturated carbocycles. The summed E-state index contributed by atoms with van der Waals surface area (Å²) in [6.07, 6.45) is 3.00. The zero-order valence-electron chi connectivity index (χ0n) is 12.3. The van der Waals surface area contributed by atoms with Crippen LogP contribution >= 0.6 is 0 Å². The van der Waals surface area contributed by atoms with Crippen LogP contribution in [0.5, 0.6) is 0 Å². The molecule has 1 aliphatic rings. The number of nitrogens with zero attached hydrogens (tertiary/aromatic N) is 3. The molecule has 1 aromatic heterocycles. The zero-order valence-corrected chi connectivity index (χ0v) is 12.3. The maximum Gasteiger partial charge on any atom is 0.123 e. The number of nitrogen functional groups attached to an aromatic ring is 1. The second kappa shape index (κ2) is 6.59. The van der Waals surface area contributed by atoms with Crippen molar-refractivity contribution in [3.8, 4) is 0 Å². The third-order valence-electron chi connectivity index (χ3n) is 4.07. The minimum absolute atomic E-state index is 0.584. The molecule has 2 N–H and O–H groups in total. The first-order valence-corrected chi connectivity index (χ1v) is 7.54. The second-order valence-corrected chi connectivity index (χ2v) is 5.51. The van der Waals surface area contributed by atoms with Crippen LogP contribution in [-0.4, -0.2) is 42.6 Å². The van der Waals surface area contributed by atoms with Gasteiger partial charge in [-0.1, -0.05) is 30.3 Å². The van der Waals surface area contributed by atoms with Crippen LogP contribution in [0.15, 0.2) is 48.7 Å². The summed E-state index contributed by atoms with van der Waals surface area (Å²) in [6, 6.07) is 14.6. The summed E-state index contributed by atoms with van der Waals surface area (Å²) in [5.74, 6) is 0.584. The molecular weight excluding hydrogens is 260 g/mol. The molecule has 0 bridgehead atoms. The summed E-state index contributed by atoms with van der Waals surface area (Å²) in [5.41, 5.74) is 8.23. The van der Waals surface area contributed by atoms with Gasteiger partial charge in [0.25, 0.3) is 0 Å². The van der Waals surface area contributed by atoms with Crippen LogP contribution in [0.1, 0.15) is 5.56 Å². The van der Waals surface area contributed by atoms with Gasteiger partial charge in [0.15, 0.2) is 0 Å². The number of anilines is 2. The first-order valence-electron chi connectivity index (χ1n) is 7.54. The molecule has 0 aliphatic carbocycles. The highest BCUT2D eigenvalue weighted by atomic mass is 15.3. The fourth-order valence-electron chi connectivity index (χ4n) is 2.75. The lowest BCUT2D eigenvalue weighted by Crippen LogP contribution is -2.47. The van der Waals surface area contributed by atoms with E-state index in [1.165, 1.54) is 11.3 Å². The van der Waals surface area contributed by atoms with E-state index in [4.69, 9.17) is 5.73 Å². The Balaban J connectivity index is 1.48. The van der Waals surface area contributed by atoms with Gasteiger partial charge in [0.05, 0.1) is 11.9 Å². The lowest BCUT2D eigenvalue weighted by Gasteiger charge is -2.36. The van der Waals surface area contributed by atoms with E-state index >= 15 is 0 Å². The van der Waals surface area contributed by atoms with Crippen molar-refractivity contribution >= 4 is 11.5 Å². The highest BCUT2D eigenvalue weighted by molar-refractivity contribution is 5.48. The molecule has 1 aliphatic heterocycles. The van der Waals surface area contributed by atoms with E-state index in [1.807, 2.05) is 12.3 Å². The quantitative estimate of drug-likeness (QED) is 0.932. The van der Waals surface area contributed by atoms with E-state index in [9.17, 15) is 0 Å². The van der Waals surface area contributed by atoms with Crippen LogP contribution in [-0.2, 0) is 6.42 Å². The molecular formula is C17H22N4. The van der Waals surface area contributed by atoms with E-state index in [2.05, 4.69) is 51.2 Å². The molecule has 2 heterocycles.